The van der Waals surface area contributed by atoms with Gasteiger partial charge in [-0.2, -0.15) is 0 Å². The molecular formula is C16H26Cl2N4O3. The molecule has 1 fully saturated rings. The van der Waals surface area contributed by atoms with Crippen LogP contribution in [0.3, 0.4) is 0 Å². The van der Waals surface area contributed by atoms with Crippen molar-refractivity contribution in [2.24, 2.45) is 5.73 Å². The Balaban J connectivity index is 0.00000312. The van der Waals surface area contributed by atoms with Crippen molar-refractivity contribution in [3.05, 3.63) is 16.5 Å². The Morgan fingerprint density at radius 3 is 2.80 bits per heavy atom. The van der Waals surface area contributed by atoms with E-state index >= 15 is 0 Å². The third-order valence-corrected chi connectivity index (χ3v) is 4.68. The molecule has 1 aromatic heterocycles. The van der Waals surface area contributed by atoms with Gasteiger partial charge in [0.2, 0.25) is 17.0 Å². The summed E-state index contributed by atoms with van der Waals surface area (Å²) < 4.78 is 4.91. The van der Waals surface area contributed by atoms with E-state index in [1.807, 2.05) is 11.8 Å². The molecule has 1 atom stereocenters. The quantitative estimate of drug-likeness (QED) is 0.736. The molecule has 0 saturated carbocycles. The van der Waals surface area contributed by atoms with Crippen LogP contribution < -0.4 is 11.1 Å². The number of hydrogen-bond donors (Lipinski definition) is 2. The van der Waals surface area contributed by atoms with Crippen LogP contribution in [0, 0.1) is 6.92 Å². The fraction of sp³-hybridized carbons (Fsp3) is 0.688. The van der Waals surface area contributed by atoms with Crippen LogP contribution in [0.4, 0.5) is 0 Å². The Morgan fingerprint density at radius 1 is 1.40 bits per heavy atom. The van der Waals surface area contributed by atoms with Crippen molar-refractivity contribution in [3.8, 4) is 0 Å². The number of amides is 2. The number of carbonyl (C=O) groups excluding carboxylic acids is 2. The van der Waals surface area contributed by atoms with Gasteiger partial charge in [-0.05, 0) is 44.2 Å². The van der Waals surface area contributed by atoms with Crippen molar-refractivity contribution in [2.75, 3.05) is 19.6 Å². The summed E-state index contributed by atoms with van der Waals surface area (Å²) in [6.45, 7) is 3.36. The molecule has 2 rings (SSSR count). The van der Waals surface area contributed by atoms with Crippen molar-refractivity contribution in [1.82, 2.24) is 15.4 Å². The van der Waals surface area contributed by atoms with Gasteiger partial charge in [-0.3, -0.25) is 9.59 Å². The zero-order valence-electron chi connectivity index (χ0n) is 14.4. The number of aromatic nitrogens is 1. The van der Waals surface area contributed by atoms with Crippen LogP contribution in [0.1, 0.15) is 43.4 Å². The zero-order chi connectivity index (χ0) is 17.5. The van der Waals surface area contributed by atoms with Gasteiger partial charge in [0.05, 0.1) is 5.69 Å². The second kappa shape index (κ2) is 10.6. The zero-order valence-corrected chi connectivity index (χ0v) is 16.0. The lowest BCUT2D eigenvalue weighted by molar-refractivity contribution is -0.135. The first-order chi connectivity index (χ1) is 11.5. The highest BCUT2D eigenvalue weighted by Gasteiger charge is 2.27. The lowest BCUT2D eigenvalue weighted by Gasteiger charge is -2.36. The Kier molecular flexibility index (Phi) is 9.24. The predicted molar refractivity (Wildman–Crippen MR) is 97.9 cm³/mol. The highest BCUT2D eigenvalue weighted by atomic mass is 35.5. The number of nitrogens with one attached hydrogen (secondary N) is 1. The number of carbonyl (C=O) groups is 2. The minimum absolute atomic E-state index is 0. The van der Waals surface area contributed by atoms with E-state index in [-0.39, 0.29) is 35.5 Å². The molecule has 1 saturated heterocycles. The summed E-state index contributed by atoms with van der Waals surface area (Å²) in [4.78, 5) is 26.1. The Labute approximate surface area is 159 Å². The number of hydrogen-bond acceptors (Lipinski definition) is 5. The highest BCUT2D eigenvalue weighted by Crippen LogP contribution is 2.22. The number of aryl methyl sites for hydroxylation is 1. The summed E-state index contributed by atoms with van der Waals surface area (Å²) in [6, 6.07) is 0.0482. The SMILES string of the molecule is Cc1noc(Cl)c1CCC(=O)N1CCCCC1CNC(=O)CCN.Cl. The molecule has 0 bridgehead atoms. The molecule has 2 amide bonds. The van der Waals surface area contributed by atoms with Gasteiger partial charge < -0.3 is 20.5 Å². The Hall–Kier alpha value is -1.31. The Bertz CT molecular complexity index is 560. The summed E-state index contributed by atoms with van der Waals surface area (Å²) in [5.74, 6) is 0.00629. The van der Waals surface area contributed by atoms with E-state index in [9.17, 15) is 9.59 Å². The number of nitrogens with zero attached hydrogens (tertiary/aromatic N) is 2. The van der Waals surface area contributed by atoms with Crippen molar-refractivity contribution in [2.45, 2.75) is 51.5 Å². The largest absolute Gasteiger partial charge is 0.354 e. The number of piperidine rings is 1. The second-order valence-corrected chi connectivity index (χ2v) is 6.44. The predicted octanol–water partition coefficient (Wildman–Crippen LogP) is 1.84. The normalized spacial score (nSPS) is 17.1. The van der Waals surface area contributed by atoms with Gasteiger partial charge in [0.25, 0.3) is 0 Å². The number of halogens is 2. The Morgan fingerprint density at radius 2 is 2.16 bits per heavy atom. The molecule has 1 aliphatic rings. The van der Waals surface area contributed by atoms with Crippen LogP contribution in [-0.2, 0) is 16.0 Å². The lowest BCUT2D eigenvalue weighted by atomic mass is 10.0. The van der Waals surface area contributed by atoms with E-state index in [0.717, 1.165) is 37.1 Å². The van der Waals surface area contributed by atoms with Gasteiger partial charge in [-0.25, -0.2) is 0 Å². The van der Waals surface area contributed by atoms with Crippen molar-refractivity contribution >= 4 is 35.8 Å². The van der Waals surface area contributed by atoms with Gasteiger partial charge in [0.15, 0.2) is 0 Å². The average Bonchev–Trinajstić information content (AvgIpc) is 2.89. The van der Waals surface area contributed by atoms with Gasteiger partial charge in [-0.15, -0.1) is 12.4 Å². The first kappa shape index (κ1) is 21.7. The first-order valence-corrected chi connectivity index (χ1v) is 8.77. The lowest BCUT2D eigenvalue weighted by Crippen LogP contribution is -2.49. The van der Waals surface area contributed by atoms with Crippen LogP contribution in [0.2, 0.25) is 5.22 Å². The van der Waals surface area contributed by atoms with E-state index in [2.05, 4.69) is 10.5 Å². The molecule has 0 radical (unpaired) electrons. The molecule has 1 unspecified atom stereocenters. The highest BCUT2D eigenvalue weighted by molar-refractivity contribution is 6.29. The topological polar surface area (TPSA) is 101 Å². The maximum atomic E-state index is 12.6. The molecule has 2 heterocycles. The molecule has 142 valence electrons. The van der Waals surface area contributed by atoms with E-state index < -0.39 is 0 Å². The molecule has 3 N–H and O–H groups in total. The smallest absolute Gasteiger partial charge is 0.229 e. The van der Waals surface area contributed by atoms with Gasteiger partial charge >= 0.3 is 0 Å². The molecule has 1 aliphatic heterocycles. The van der Waals surface area contributed by atoms with Gasteiger partial charge in [-0.1, -0.05) is 5.16 Å². The fourth-order valence-corrected chi connectivity index (χ4v) is 3.27. The van der Waals surface area contributed by atoms with Crippen molar-refractivity contribution in [3.63, 3.8) is 0 Å². The van der Waals surface area contributed by atoms with E-state index in [1.165, 1.54) is 0 Å². The molecule has 0 aliphatic carbocycles. The third-order valence-electron chi connectivity index (χ3n) is 4.38. The minimum atomic E-state index is -0.0673. The number of nitrogens with two attached hydrogens (primary N) is 1. The molecular weight excluding hydrogens is 367 g/mol. The molecule has 9 heteroatoms. The van der Waals surface area contributed by atoms with Crippen LogP contribution in [0.5, 0.6) is 0 Å². The maximum absolute atomic E-state index is 12.6. The molecule has 0 aromatic carbocycles. The van der Waals surface area contributed by atoms with Gasteiger partial charge in [0.1, 0.15) is 0 Å². The van der Waals surface area contributed by atoms with Crippen LogP contribution in [0.25, 0.3) is 0 Å². The maximum Gasteiger partial charge on any atom is 0.229 e. The summed E-state index contributed by atoms with van der Waals surface area (Å²) in [6.07, 6.45) is 4.14. The van der Waals surface area contributed by atoms with Crippen LogP contribution >= 0.6 is 24.0 Å². The van der Waals surface area contributed by atoms with Crippen molar-refractivity contribution < 1.29 is 14.1 Å². The minimum Gasteiger partial charge on any atom is -0.354 e. The second-order valence-electron chi connectivity index (χ2n) is 6.10. The standard InChI is InChI=1S/C16H25ClN4O3.ClH/c1-11-13(16(17)24-20-11)5-6-15(23)21-9-3-2-4-12(21)10-19-14(22)7-8-18;/h12H,2-10,18H2,1H3,(H,19,22);1H. The summed E-state index contributed by atoms with van der Waals surface area (Å²) >= 11 is 5.95. The first-order valence-electron chi connectivity index (χ1n) is 8.39. The molecule has 1 aromatic rings. The van der Waals surface area contributed by atoms with Gasteiger partial charge in [0, 0.05) is 44.1 Å². The van der Waals surface area contributed by atoms with Crippen LogP contribution in [0.15, 0.2) is 4.52 Å². The fourth-order valence-electron chi connectivity index (χ4n) is 3.01. The number of rotatable bonds is 7. The van der Waals surface area contributed by atoms with E-state index in [4.69, 9.17) is 21.9 Å². The average molecular weight is 393 g/mol. The number of likely N-dealkylation sites (tertiary alicyclic amines) is 1. The summed E-state index contributed by atoms with van der Waals surface area (Å²) in [7, 11) is 0. The van der Waals surface area contributed by atoms with Crippen molar-refractivity contribution in [1.29, 1.82) is 0 Å². The monoisotopic (exact) mass is 392 g/mol. The molecule has 7 nitrogen and oxygen atoms in total. The third kappa shape index (κ3) is 6.17. The molecule has 0 spiro atoms. The van der Waals surface area contributed by atoms with Crippen LogP contribution in [-0.4, -0.2) is 47.5 Å². The van der Waals surface area contributed by atoms with E-state index in [0.29, 0.717) is 32.4 Å². The summed E-state index contributed by atoms with van der Waals surface area (Å²) in [5, 5.41) is 6.92. The van der Waals surface area contributed by atoms with E-state index in [1.54, 1.807) is 0 Å². The molecule has 25 heavy (non-hydrogen) atoms. The summed E-state index contributed by atoms with van der Waals surface area (Å²) in [5.41, 5.74) is 6.88.